The van der Waals surface area contributed by atoms with E-state index in [9.17, 15) is 4.79 Å². The molecule has 23 heavy (non-hydrogen) atoms. The van der Waals surface area contributed by atoms with Crippen LogP contribution in [0.15, 0.2) is 24.5 Å². The van der Waals surface area contributed by atoms with Gasteiger partial charge in [-0.2, -0.15) is 0 Å². The van der Waals surface area contributed by atoms with Gasteiger partial charge in [-0.15, -0.1) is 0 Å². The van der Waals surface area contributed by atoms with Crippen molar-refractivity contribution < 1.29 is 4.79 Å². The van der Waals surface area contributed by atoms with Crippen molar-refractivity contribution in [2.45, 2.75) is 46.2 Å². The predicted molar refractivity (Wildman–Crippen MR) is 91.2 cm³/mol. The first-order chi connectivity index (χ1) is 11.1. The fourth-order valence-electron chi connectivity index (χ4n) is 3.50. The molecule has 2 atom stereocenters. The number of amides is 1. The summed E-state index contributed by atoms with van der Waals surface area (Å²) in [5, 5.41) is 3.69. The molecule has 3 heterocycles. The standard InChI is InChI=1S/C18H26N4O/c1-4-15-12-21(14(3)23)7-6-17(15)19-10-16-11-20-18-9-13(2)5-8-22(16)18/h5,8-9,11,15,17,19H,4,6-7,10,12H2,1-3H3/t15-,17-/m1/s1. The third-order valence-corrected chi connectivity index (χ3v) is 4.99. The Hall–Kier alpha value is -1.88. The van der Waals surface area contributed by atoms with Crippen LogP contribution in [0.25, 0.3) is 5.65 Å². The number of rotatable bonds is 4. The summed E-state index contributed by atoms with van der Waals surface area (Å²) in [5.41, 5.74) is 3.41. The molecule has 1 fully saturated rings. The van der Waals surface area contributed by atoms with Gasteiger partial charge in [0, 0.05) is 38.8 Å². The van der Waals surface area contributed by atoms with E-state index in [4.69, 9.17) is 0 Å². The molecule has 2 aromatic rings. The highest BCUT2D eigenvalue weighted by atomic mass is 16.2. The fourth-order valence-corrected chi connectivity index (χ4v) is 3.50. The molecule has 3 rings (SSSR count). The summed E-state index contributed by atoms with van der Waals surface area (Å²) < 4.78 is 2.14. The number of pyridine rings is 1. The van der Waals surface area contributed by atoms with Crippen LogP contribution in [0, 0.1) is 12.8 Å². The van der Waals surface area contributed by atoms with Crippen LogP contribution in [-0.4, -0.2) is 39.3 Å². The minimum absolute atomic E-state index is 0.194. The SMILES string of the molecule is CC[C@@H]1CN(C(C)=O)CC[C@H]1NCc1cnc2cc(C)ccn12. The van der Waals surface area contributed by atoms with Crippen molar-refractivity contribution in [2.75, 3.05) is 13.1 Å². The van der Waals surface area contributed by atoms with Gasteiger partial charge in [0.1, 0.15) is 5.65 Å². The second kappa shape index (κ2) is 6.71. The number of aryl methyl sites for hydroxylation is 1. The summed E-state index contributed by atoms with van der Waals surface area (Å²) in [7, 11) is 0. The number of hydrogen-bond acceptors (Lipinski definition) is 3. The number of carbonyl (C=O) groups excluding carboxylic acids is 1. The summed E-state index contributed by atoms with van der Waals surface area (Å²) >= 11 is 0. The molecule has 0 saturated carbocycles. The lowest BCUT2D eigenvalue weighted by atomic mass is 9.90. The maximum atomic E-state index is 11.6. The van der Waals surface area contributed by atoms with Gasteiger partial charge in [-0.3, -0.25) is 4.79 Å². The second-order valence-corrected chi connectivity index (χ2v) is 6.59. The van der Waals surface area contributed by atoms with Crippen LogP contribution in [0.4, 0.5) is 0 Å². The van der Waals surface area contributed by atoms with E-state index < -0.39 is 0 Å². The van der Waals surface area contributed by atoms with Gasteiger partial charge in [-0.05, 0) is 37.0 Å². The number of nitrogens with one attached hydrogen (secondary N) is 1. The van der Waals surface area contributed by atoms with Gasteiger partial charge < -0.3 is 14.6 Å². The maximum absolute atomic E-state index is 11.6. The molecule has 1 amide bonds. The van der Waals surface area contributed by atoms with Crippen molar-refractivity contribution in [2.24, 2.45) is 5.92 Å². The smallest absolute Gasteiger partial charge is 0.219 e. The summed E-state index contributed by atoms with van der Waals surface area (Å²) in [6, 6.07) is 4.67. The van der Waals surface area contributed by atoms with Crippen molar-refractivity contribution in [3.8, 4) is 0 Å². The average molecular weight is 314 g/mol. The first-order valence-corrected chi connectivity index (χ1v) is 8.50. The van der Waals surface area contributed by atoms with Gasteiger partial charge in [0.05, 0.1) is 11.9 Å². The van der Waals surface area contributed by atoms with Crippen LogP contribution >= 0.6 is 0 Å². The monoisotopic (exact) mass is 314 g/mol. The van der Waals surface area contributed by atoms with Crippen molar-refractivity contribution in [1.82, 2.24) is 19.6 Å². The highest BCUT2D eigenvalue weighted by Gasteiger charge is 2.28. The van der Waals surface area contributed by atoms with Crippen LogP contribution in [0.5, 0.6) is 0 Å². The molecule has 0 bridgehead atoms. The predicted octanol–water partition coefficient (Wildman–Crippen LogP) is 2.38. The van der Waals surface area contributed by atoms with Crippen LogP contribution in [0.3, 0.4) is 0 Å². The van der Waals surface area contributed by atoms with Crippen molar-refractivity contribution in [3.05, 3.63) is 35.8 Å². The Morgan fingerprint density at radius 2 is 2.30 bits per heavy atom. The Labute approximate surface area is 137 Å². The molecule has 0 aromatic carbocycles. The van der Waals surface area contributed by atoms with Crippen LogP contribution in [0.2, 0.25) is 0 Å². The number of imidazole rings is 1. The van der Waals surface area contributed by atoms with Crippen LogP contribution in [-0.2, 0) is 11.3 Å². The summed E-state index contributed by atoms with van der Waals surface area (Å²) in [6.45, 7) is 8.50. The molecule has 1 aliphatic rings. The Kier molecular flexibility index (Phi) is 4.66. The zero-order chi connectivity index (χ0) is 16.4. The molecule has 0 radical (unpaired) electrons. The summed E-state index contributed by atoms with van der Waals surface area (Å²) in [4.78, 5) is 18.0. The Balaban J connectivity index is 1.66. The van der Waals surface area contributed by atoms with Gasteiger partial charge in [-0.25, -0.2) is 4.98 Å². The van der Waals surface area contributed by atoms with Gasteiger partial charge >= 0.3 is 0 Å². The van der Waals surface area contributed by atoms with E-state index in [0.29, 0.717) is 12.0 Å². The lowest BCUT2D eigenvalue weighted by molar-refractivity contribution is -0.131. The zero-order valence-electron chi connectivity index (χ0n) is 14.2. The molecule has 0 aliphatic carbocycles. The Morgan fingerprint density at radius 1 is 1.48 bits per heavy atom. The normalized spacial score (nSPS) is 21.8. The average Bonchev–Trinajstić information content (AvgIpc) is 2.94. The topological polar surface area (TPSA) is 49.6 Å². The summed E-state index contributed by atoms with van der Waals surface area (Å²) in [5.74, 6) is 0.716. The van der Waals surface area contributed by atoms with E-state index in [0.717, 1.165) is 38.1 Å². The molecule has 1 saturated heterocycles. The fraction of sp³-hybridized carbons (Fsp3) is 0.556. The second-order valence-electron chi connectivity index (χ2n) is 6.59. The van der Waals surface area contributed by atoms with Crippen molar-refractivity contribution >= 4 is 11.6 Å². The van der Waals surface area contributed by atoms with E-state index in [2.05, 4.69) is 46.9 Å². The number of likely N-dealkylation sites (tertiary alicyclic amines) is 1. The Bertz CT molecular complexity index is 693. The minimum atomic E-state index is 0.194. The third-order valence-electron chi connectivity index (χ3n) is 4.99. The largest absolute Gasteiger partial charge is 0.343 e. The third kappa shape index (κ3) is 3.39. The highest BCUT2D eigenvalue weighted by Crippen LogP contribution is 2.21. The molecular formula is C18H26N4O. The molecule has 124 valence electrons. The number of fused-ring (bicyclic) bond motifs is 1. The van der Waals surface area contributed by atoms with Crippen LogP contribution < -0.4 is 5.32 Å². The molecule has 1 aliphatic heterocycles. The van der Waals surface area contributed by atoms with Gasteiger partial charge in [-0.1, -0.05) is 13.3 Å². The minimum Gasteiger partial charge on any atom is -0.343 e. The lowest BCUT2D eigenvalue weighted by Gasteiger charge is -2.38. The molecular weight excluding hydrogens is 288 g/mol. The van der Waals surface area contributed by atoms with E-state index in [-0.39, 0.29) is 5.91 Å². The first kappa shape index (κ1) is 16.0. The quantitative estimate of drug-likeness (QED) is 0.942. The van der Waals surface area contributed by atoms with Crippen LogP contribution in [0.1, 0.15) is 37.9 Å². The van der Waals surface area contributed by atoms with E-state index >= 15 is 0 Å². The van der Waals surface area contributed by atoms with Gasteiger partial charge in [0.15, 0.2) is 0 Å². The molecule has 1 N–H and O–H groups in total. The van der Waals surface area contributed by atoms with E-state index in [1.54, 1.807) is 6.92 Å². The number of hydrogen-bond donors (Lipinski definition) is 1. The zero-order valence-corrected chi connectivity index (χ0v) is 14.2. The maximum Gasteiger partial charge on any atom is 0.219 e. The lowest BCUT2D eigenvalue weighted by Crippen LogP contribution is -2.50. The van der Waals surface area contributed by atoms with Crippen molar-refractivity contribution in [1.29, 1.82) is 0 Å². The number of carbonyl (C=O) groups is 1. The van der Waals surface area contributed by atoms with E-state index in [1.807, 2.05) is 11.1 Å². The number of piperidine rings is 1. The molecule has 5 heteroatoms. The van der Waals surface area contributed by atoms with Gasteiger partial charge in [0.2, 0.25) is 5.91 Å². The Morgan fingerprint density at radius 3 is 3.04 bits per heavy atom. The van der Waals surface area contributed by atoms with Crippen molar-refractivity contribution in [3.63, 3.8) is 0 Å². The van der Waals surface area contributed by atoms with E-state index in [1.165, 1.54) is 11.3 Å². The molecule has 5 nitrogen and oxygen atoms in total. The molecule has 2 aromatic heterocycles. The molecule has 0 spiro atoms. The summed E-state index contributed by atoms with van der Waals surface area (Å²) in [6.07, 6.45) is 6.15. The number of nitrogens with zero attached hydrogens (tertiary/aromatic N) is 3. The molecule has 0 unspecified atom stereocenters. The first-order valence-electron chi connectivity index (χ1n) is 8.50. The van der Waals surface area contributed by atoms with Gasteiger partial charge in [0.25, 0.3) is 0 Å². The highest BCUT2D eigenvalue weighted by molar-refractivity contribution is 5.73. The number of aromatic nitrogens is 2.